The summed E-state index contributed by atoms with van der Waals surface area (Å²) in [6, 6.07) is 2.35. The Morgan fingerprint density at radius 2 is 1.42 bits per heavy atom. The number of rotatable bonds is 20. The zero-order valence-electron chi connectivity index (χ0n) is 25.6. The van der Waals surface area contributed by atoms with E-state index in [9.17, 15) is 39.0 Å². The molecule has 0 spiro atoms. The second kappa shape index (κ2) is 18.3. The minimum absolute atomic E-state index is 0.00385. The van der Waals surface area contributed by atoms with Crippen molar-refractivity contribution in [3.63, 3.8) is 0 Å². The van der Waals surface area contributed by atoms with E-state index in [2.05, 4.69) is 26.3 Å². The van der Waals surface area contributed by atoms with E-state index in [0.29, 0.717) is 24.9 Å². The summed E-state index contributed by atoms with van der Waals surface area (Å²) in [7, 11) is 0. The molecule has 0 fully saturated rings. The molecule has 2 aromatic rings. The number of nitrogens with one attached hydrogen (secondary N) is 5. The van der Waals surface area contributed by atoms with Crippen LogP contribution in [-0.4, -0.2) is 88.0 Å². The van der Waals surface area contributed by atoms with Gasteiger partial charge in [0.15, 0.2) is 0 Å². The fourth-order valence-electron chi connectivity index (χ4n) is 4.79. The molecule has 1 heterocycles. The van der Waals surface area contributed by atoms with Gasteiger partial charge in [-0.1, -0.05) is 32.0 Å². The molecule has 0 unspecified atom stereocenters. The van der Waals surface area contributed by atoms with Crippen LogP contribution in [0.4, 0.5) is 0 Å². The summed E-state index contributed by atoms with van der Waals surface area (Å²) in [6.07, 6.45) is 2.14. The van der Waals surface area contributed by atoms with E-state index in [-0.39, 0.29) is 38.1 Å². The molecule has 0 aliphatic rings. The molecule has 15 heteroatoms. The number of carbonyl (C=O) groups excluding carboxylic acids is 4. The van der Waals surface area contributed by atoms with Crippen LogP contribution in [0, 0.1) is 5.92 Å². The summed E-state index contributed by atoms with van der Waals surface area (Å²) in [6.45, 7) is 3.72. The molecule has 45 heavy (non-hydrogen) atoms. The summed E-state index contributed by atoms with van der Waals surface area (Å²) in [5.41, 5.74) is 12.4. The Morgan fingerprint density at radius 1 is 0.800 bits per heavy atom. The van der Waals surface area contributed by atoms with Crippen molar-refractivity contribution >= 4 is 46.5 Å². The van der Waals surface area contributed by atoms with Crippen LogP contribution in [-0.2, 0) is 35.2 Å². The van der Waals surface area contributed by atoms with Crippen LogP contribution in [0.2, 0.25) is 0 Å². The highest BCUT2D eigenvalue weighted by atomic mass is 16.4. The van der Waals surface area contributed by atoms with Crippen molar-refractivity contribution in [2.24, 2.45) is 17.4 Å². The second-order valence-corrected chi connectivity index (χ2v) is 11.3. The maximum atomic E-state index is 13.8. The number of carboxylic acid groups (broad SMARTS) is 2. The number of H-pyrrole nitrogens is 1. The van der Waals surface area contributed by atoms with Gasteiger partial charge in [-0.25, -0.2) is 4.79 Å². The molecule has 2 rings (SSSR count). The molecule has 1 aromatic heterocycles. The van der Waals surface area contributed by atoms with Gasteiger partial charge in [-0.2, -0.15) is 0 Å². The Kier molecular flexibility index (Phi) is 15.0. The molecule has 11 N–H and O–H groups in total. The van der Waals surface area contributed by atoms with Crippen molar-refractivity contribution < 1.29 is 39.0 Å². The van der Waals surface area contributed by atoms with E-state index in [1.165, 1.54) is 0 Å². The minimum Gasteiger partial charge on any atom is -0.481 e. The molecule has 4 amide bonds. The van der Waals surface area contributed by atoms with E-state index in [1.807, 2.05) is 38.1 Å². The number of hydrogen-bond acceptors (Lipinski definition) is 8. The third kappa shape index (κ3) is 12.2. The van der Waals surface area contributed by atoms with Gasteiger partial charge in [-0.05, 0) is 56.2 Å². The smallest absolute Gasteiger partial charge is 0.326 e. The van der Waals surface area contributed by atoms with Gasteiger partial charge < -0.3 is 47.9 Å². The van der Waals surface area contributed by atoms with Gasteiger partial charge in [0.2, 0.25) is 23.6 Å². The summed E-state index contributed by atoms with van der Waals surface area (Å²) in [5, 5.41) is 29.8. The van der Waals surface area contributed by atoms with E-state index < -0.39 is 66.2 Å². The first-order valence-electron chi connectivity index (χ1n) is 15.0. The molecule has 0 aliphatic carbocycles. The molecule has 248 valence electrons. The number of unbranched alkanes of at least 4 members (excludes halogenated alkanes) is 1. The molecule has 4 atom stereocenters. The summed E-state index contributed by atoms with van der Waals surface area (Å²) >= 11 is 0. The van der Waals surface area contributed by atoms with Crippen LogP contribution in [0.15, 0.2) is 30.5 Å². The third-order valence-corrected chi connectivity index (χ3v) is 7.12. The Labute approximate surface area is 261 Å². The predicted octanol–water partition coefficient (Wildman–Crippen LogP) is -0.267. The molecule has 0 aliphatic heterocycles. The first-order valence-corrected chi connectivity index (χ1v) is 15.0. The summed E-state index contributed by atoms with van der Waals surface area (Å²) in [4.78, 5) is 78.7. The van der Waals surface area contributed by atoms with Crippen molar-refractivity contribution in [1.82, 2.24) is 26.3 Å². The Balaban J connectivity index is 2.37. The topological polar surface area (TPSA) is 259 Å². The fourth-order valence-corrected chi connectivity index (χ4v) is 4.79. The van der Waals surface area contributed by atoms with Gasteiger partial charge in [0.05, 0.1) is 6.54 Å². The zero-order chi connectivity index (χ0) is 33.5. The number of nitrogens with two attached hydrogens (primary N) is 2. The SMILES string of the molecule is CC(C)C[C@H](NC(=O)CN)C(=O)N[C@@H](Cc1c[nH]c2ccccc12)C(=O)N[C@@H](CCC(=O)O)C(=O)N[C@@H](CCCCN)C(=O)O. The van der Waals surface area contributed by atoms with Crippen molar-refractivity contribution in [2.75, 3.05) is 13.1 Å². The number of para-hydroxylation sites is 1. The van der Waals surface area contributed by atoms with Gasteiger partial charge >= 0.3 is 11.9 Å². The molecular weight excluding hydrogens is 586 g/mol. The Hall–Kier alpha value is -4.50. The number of aromatic amines is 1. The standard InChI is InChI=1S/C30H45N7O8/c1-17(2)13-23(34-25(38)15-32)28(42)37-24(14-18-16-33-20-8-4-3-7-19(18)20)29(43)35-21(10-11-26(39)40)27(41)36-22(30(44)45)9-5-6-12-31/h3-4,7-8,16-17,21-24,33H,5-6,9-15,31-32H2,1-2H3,(H,34,38)(H,35,43)(H,36,41)(H,37,42)(H,39,40)(H,44,45)/t21-,22-,23-,24-/m0/s1. The highest BCUT2D eigenvalue weighted by Crippen LogP contribution is 2.20. The van der Waals surface area contributed by atoms with Crippen molar-refractivity contribution in [1.29, 1.82) is 0 Å². The number of carbonyl (C=O) groups is 6. The van der Waals surface area contributed by atoms with Crippen LogP contribution in [0.3, 0.4) is 0 Å². The van der Waals surface area contributed by atoms with Crippen LogP contribution in [0.5, 0.6) is 0 Å². The zero-order valence-corrected chi connectivity index (χ0v) is 25.6. The second-order valence-electron chi connectivity index (χ2n) is 11.3. The lowest BCUT2D eigenvalue weighted by molar-refractivity contribution is -0.143. The summed E-state index contributed by atoms with van der Waals surface area (Å²) < 4.78 is 0. The lowest BCUT2D eigenvalue weighted by Crippen LogP contribution is -2.58. The normalized spacial score (nSPS) is 13.8. The van der Waals surface area contributed by atoms with Gasteiger partial charge in [-0.15, -0.1) is 0 Å². The lowest BCUT2D eigenvalue weighted by Gasteiger charge is -2.26. The Bertz CT molecular complexity index is 1330. The quantitative estimate of drug-likeness (QED) is 0.0864. The van der Waals surface area contributed by atoms with Crippen molar-refractivity contribution in [3.8, 4) is 0 Å². The highest BCUT2D eigenvalue weighted by Gasteiger charge is 2.32. The number of amides is 4. The average Bonchev–Trinajstić information content (AvgIpc) is 3.39. The lowest BCUT2D eigenvalue weighted by atomic mass is 10.00. The predicted molar refractivity (Wildman–Crippen MR) is 166 cm³/mol. The van der Waals surface area contributed by atoms with Crippen LogP contribution in [0.25, 0.3) is 10.9 Å². The number of fused-ring (bicyclic) bond motifs is 1. The van der Waals surface area contributed by atoms with Crippen molar-refractivity contribution in [2.45, 2.75) is 83.0 Å². The van der Waals surface area contributed by atoms with Gasteiger partial charge in [0, 0.05) is 29.9 Å². The average molecular weight is 632 g/mol. The number of hydrogen-bond donors (Lipinski definition) is 9. The van der Waals surface area contributed by atoms with Gasteiger partial charge in [0.1, 0.15) is 24.2 Å². The molecular formula is C30H45N7O8. The minimum atomic E-state index is -1.42. The first-order chi connectivity index (χ1) is 21.4. The third-order valence-electron chi connectivity index (χ3n) is 7.12. The van der Waals surface area contributed by atoms with E-state index in [1.54, 1.807) is 6.20 Å². The maximum absolute atomic E-state index is 13.8. The maximum Gasteiger partial charge on any atom is 0.326 e. The molecule has 0 saturated heterocycles. The van der Waals surface area contributed by atoms with E-state index in [4.69, 9.17) is 11.5 Å². The van der Waals surface area contributed by atoms with Gasteiger partial charge in [0.25, 0.3) is 0 Å². The number of carboxylic acids is 2. The van der Waals surface area contributed by atoms with Crippen LogP contribution in [0.1, 0.15) is 57.9 Å². The highest BCUT2D eigenvalue weighted by molar-refractivity contribution is 5.96. The largest absolute Gasteiger partial charge is 0.481 e. The molecule has 15 nitrogen and oxygen atoms in total. The number of aliphatic carboxylic acids is 2. The Morgan fingerprint density at radius 3 is 2.04 bits per heavy atom. The molecule has 0 saturated carbocycles. The molecule has 0 bridgehead atoms. The monoisotopic (exact) mass is 631 g/mol. The molecule has 1 aromatic carbocycles. The fraction of sp³-hybridized carbons (Fsp3) is 0.533. The number of aromatic nitrogens is 1. The van der Waals surface area contributed by atoms with Gasteiger partial charge in [-0.3, -0.25) is 24.0 Å². The first kappa shape index (κ1) is 36.7. The summed E-state index contributed by atoms with van der Waals surface area (Å²) in [5.74, 6) is -5.41. The van der Waals surface area contributed by atoms with Crippen LogP contribution >= 0.6 is 0 Å². The van der Waals surface area contributed by atoms with Crippen LogP contribution < -0.4 is 32.7 Å². The van der Waals surface area contributed by atoms with E-state index in [0.717, 1.165) is 10.9 Å². The molecule has 0 radical (unpaired) electrons. The van der Waals surface area contributed by atoms with E-state index >= 15 is 0 Å². The van der Waals surface area contributed by atoms with Crippen molar-refractivity contribution in [3.05, 3.63) is 36.0 Å². The number of benzene rings is 1.